The summed E-state index contributed by atoms with van der Waals surface area (Å²) in [6.45, 7) is 12.5. The van der Waals surface area contributed by atoms with Crippen LogP contribution in [0.25, 0.3) is 0 Å². The van der Waals surface area contributed by atoms with Crippen molar-refractivity contribution in [2.75, 3.05) is 0 Å². The van der Waals surface area contributed by atoms with E-state index in [9.17, 15) is 14.7 Å². The van der Waals surface area contributed by atoms with E-state index in [0.29, 0.717) is 6.47 Å². The first kappa shape index (κ1) is 26.2. The zero-order valence-corrected chi connectivity index (χ0v) is 20.0. The standard InChI is InChI=1S/C26H42O4/c1-20-17-22(13-9-7-11-15-25(3,4)24(28)29)18-23(21(20)2)14-10-8-12-16-26(5,6)30-19-27/h17-19H,7-16H2,1-6H3,(H,28,29). The first-order chi connectivity index (χ1) is 14.0. The van der Waals surface area contributed by atoms with Gasteiger partial charge >= 0.3 is 5.97 Å². The van der Waals surface area contributed by atoms with Crippen LogP contribution in [0.3, 0.4) is 0 Å². The number of carbonyl (C=O) groups is 2. The number of aliphatic carboxylic acids is 1. The molecule has 0 heterocycles. The van der Waals surface area contributed by atoms with E-state index in [4.69, 9.17) is 4.74 Å². The van der Waals surface area contributed by atoms with Crippen LogP contribution in [0.5, 0.6) is 0 Å². The van der Waals surface area contributed by atoms with Crippen molar-refractivity contribution in [2.24, 2.45) is 5.41 Å². The number of carboxylic acid groups (broad SMARTS) is 1. The monoisotopic (exact) mass is 418 g/mol. The van der Waals surface area contributed by atoms with E-state index in [1.807, 2.05) is 13.8 Å². The lowest BCUT2D eigenvalue weighted by atomic mass is 9.87. The van der Waals surface area contributed by atoms with E-state index in [1.54, 1.807) is 13.8 Å². The van der Waals surface area contributed by atoms with Gasteiger partial charge < -0.3 is 9.84 Å². The van der Waals surface area contributed by atoms with Crippen molar-refractivity contribution in [1.82, 2.24) is 0 Å². The summed E-state index contributed by atoms with van der Waals surface area (Å²) in [7, 11) is 0. The summed E-state index contributed by atoms with van der Waals surface area (Å²) in [6, 6.07) is 4.67. The lowest BCUT2D eigenvalue weighted by Crippen LogP contribution is -2.23. The highest BCUT2D eigenvalue weighted by atomic mass is 16.5. The normalized spacial score (nSPS) is 12.1. The van der Waals surface area contributed by atoms with Gasteiger partial charge in [0, 0.05) is 0 Å². The number of hydrogen-bond acceptors (Lipinski definition) is 3. The minimum Gasteiger partial charge on any atom is -0.481 e. The van der Waals surface area contributed by atoms with Crippen LogP contribution >= 0.6 is 0 Å². The van der Waals surface area contributed by atoms with E-state index in [0.717, 1.165) is 64.2 Å². The molecule has 1 N–H and O–H groups in total. The number of rotatable bonds is 15. The van der Waals surface area contributed by atoms with Crippen LogP contribution < -0.4 is 0 Å². The van der Waals surface area contributed by atoms with E-state index in [2.05, 4.69) is 26.0 Å². The lowest BCUT2D eigenvalue weighted by Gasteiger charge is -2.22. The van der Waals surface area contributed by atoms with E-state index in [1.165, 1.54) is 22.3 Å². The van der Waals surface area contributed by atoms with Gasteiger partial charge in [0.25, 0.3) is 6.47 Å². The quantitative estimate of drug-likeness (QED) is 0.258. The summed E-state index contributed by atoms with van der Waals surface area (Å²) < 4.78 is 5.12. The molecular formula is C26H42O4. The molecule has 0 aliphatic rings. The summed E-state index contributed by atoms with van der Waals surface area (Å²) in [5.41, 5.74) is 4.60. The van der Waals surface area contributed by atoms with Crippen molar-refractivity contribution < 1.29 is 19.4 Å². The van der Waals surface area contributed by atoms with Crippen LogP contribution in [-0.2, 0) is 27.2 Å². The average molecular weight is 419 g/mol. The van der Waals surface area contributed by atoms with Gasteiger partial charge in [-0.3, -0.25) is 9.59 Å². The second-order valence-electron chi connectivity index (χ2n) is 9.98. The molecule has 0 aliphatic carbocycles. The van der Waals surface area contributed by atoms with E-state index in [-0.39, 0.29) is 5.60 Å². The first-order valence-electron chi connectivity index (χ1n) is 11.4. The van der Waals surface area contributed by atoms with Gasteiger partial charge in [0.2, 0.25) is 0 Å². The third-order valence-electron chi connectivity index (χ3n) is 6.27. The second kappa shape index (κ2) is 12.1. The second-order valence-corrected chi connectivity index (χ2v) is 9.98. The largest absolute Gasteiger partial charge is 0.481 e. The molecule has 0 radical (unpaired) electrons. The molecule has 0 aliphatic heterocycles. The van der Waals surface area contributed by atoms with Gasteiger partial charge in [-0.25, -0.2) is 0 Å². The Bertz CT molecular complexity index is 689. The zero-order valence-electron chi connectivity index (χ0n) is 20.0. The van der Waals surface area contributed by atoms with Crippen LogP contribution in [0, 0.1) is 19.3 Å². The molecule has 4 nitrogen and oxygen atoms in total. The van der Waals surface area contributed by atoms with E-state index < -0.39 is 11.4 Å². The maximum Gasteiger partial charge on any atom is 0.309 e. The number of aryl methyl sites for hydroxylation is 3. The molecule has 0 saturated heterocycles. The van der Waals surface area contributed by atoms with Gasteiger partial charge in [-0.2, -0.15) is 0 Å². The summed E-state index contributed by atoms with van der Waals surface area (Å²) in [5, 5.41) is 9.21. The Balaban J connectivity index is 2.46. The van der Waals surface area contributed by atoms with Crippen molar-refractivity contribution >= 4 is 12.4 Å². The fourth-order valence-electron chi connectivity index (χ4n) is 3.83. The summed E-state index contributed by atoms with van der Waals surface area (Å²) in [4.78, 5) is 21.7. The Morgan fingerprint density at radius 3 is 2.13 bits per heavy atom. The number of unbranched alkanes of at least 4 members (excludes halogenated alkanes) is 4. The number of carboxylic acids is 1. The predicted molar refractivity (Wildman–Crippen MR) is 123 cm³/mol. The molecule has 4 heteroatoms. The predicted octanol–water partition coefficient (Wildman–Crippen LogP) is 6.57. The molecular weight excluding hydrogens is 376 g/mol. The van der Waals surface area contributed by atoms with Crippen molar-refractivity contribution in [1.29, 1.82) is 0 Å². The Hall–Kier alpha value is -1.84. The van der Waals surface area contributed by atoms with Gasteiger partial charge in [-0.15, -0.1) is 0 Å². The van der Waals surface area contributed by atoms with Crippen molar-refractivity contribution in [3.63, 3.8) is 0 Å². The van der Waals surface area contributed by atoms with Crippen molar-refractivity contribution in [2.45, 2.75) is 111 Å². The highest BCUT2D eigenvalue weighted by molar-refractivity contribution is 5.73. The molecule has 0 saturated carbocycles. The van der Waals surface area contributed by atoms with Gasteiger partial charge in [0.1, 0.15) is 5.60 Å². The average Bonchev–Trinajstić information content (AvgIpc) is 2.64. The fourth-order valence-corrected chi connectivity index (χ4v) is 3.83. The smallest absolute Gasteiger partial charge is 0.309 e. The Labute approximate surface area is 183 Å². The third-order valence-corrected chi connectivity index (χ3v) is 6.27. The maximum absolute atomic E-state index is 11.2. The van der Waals surface area contributed by atoms with Gasteiger partial charge in [-0.05, 0) is 109 Å². The third kappa shape index (κ3) is 9.32. The minimum atomic E-state index is -0.707. The van der Waals surface area contributed by atoms with Crippen LogP contribution in [0.2, 0.25) is 0 Å². The topological polar surface area (TPSA) is 63.6 Å². The molecule has 0 amide bonds. The number of benzene rings is 1. The molecule has 1 aromatic rings. The molecule has 0 spiro atoms. The fraction of sp³-hybridized carbons (Fsp3) is 0.692. The first-order valence-corrected chi connectivity index (χ1v) is 11.4. The Morgan fingerprint density at radius 1 is 0.933 bits per heavy atom. The number of hydrogen-bond donors (Lipinski definition) is 1. The van der Waals surface area contributed by atoms with Crippen molar-refractivity contribution in [3.05, 3.63) is 34.4 Å². The van der Waals surface area contributed by atoms with Crippen LogP contribution in [0.4, 0.5) is 0 Å². The Morgan fingerprint density at radius 2 is 1.53 bits per heavy atom. The molecule has 1 rings (SSSR count). The summed E-state index contributed by atoms with van der Waals surface area (Å²) in [6.07, 6.45) is 10.2. The molecule has 0 atom stereocenters. The summed E-state index contributed by atoms with van der Waals surface area (Å²) in [5.74, 6) is -0.707. The molecule has 0 bridgehead atoms. The number of carbonyl (C=O) groups excluding carboxylic acids is 1. The molecule has 30 heavy (non-hydrogen) atoms. The van der Waals surface area contributed by atoms with Crippen LogP contribution in [0.1, 0.15) is 101 Å². The van der Waals surface area contributed by atoms with Crippen LogP contribution in [-0.4, -0.2) is 23.1 Å². The SMILES string of the molecule is Cc1cc(CCCCCC(C)(C)C(=O)O)cc(CCCCCC(C)(C)OC=O)c1C. The molecule has 170 valence electrons. The van der Waals surface area contributed by atoms with Gasteiger partial charge in [0.15, 0.2) is 0 Å². The molecule has 0 unspecified atom stereocenters. The highest BCUT2D eigenvalue weighted by Crippen LogP contribution is 2.25. The van der Waals surface area contributed by atoms with Crippen molar-refractivity contribution in [3.8, 4) is 0 Å². The minimum absolute atomic E-state index is 0.367. The van der Waals surface area contributed by atoms with Gasteiger partial charge in [-0.1, -0.05) is 31.4 Å². The molecule has 0 fully saturated rings. The lowest BCUT2D eigenvalue weighted by molar-refractivity contribution is -0.147. The zero-order chi connectivity index (χ0) is 22.8. The molecule has 0 aromatic heterocycles. The summed E-state index contributed by atoms with van der Waals surface area (Å²) >= 11 is 0. The van der Waals surface area contributed by atoms with Gasteiger partial charge in [0.05, 0.1) is 5.41 Å². The molecule has 1 aromatic carbocycles. The maximum atomic E-state index is 11.2. The van der Waals surface area contributed by atoms with E-state index >= 15 is 0 Å². The highest BCUT2D eigenvalue weighted by Gasteiger charge is 2.25. The van der Waals surface area contributed by atoms with Crippen LogP contribution in [0.15, 0.2) is 12.1 Å². The Kier molecular flexibility index (Phi) is 10.6. The number of ether oxygens (including phenoxy) is 1.